The molecule has 0 aliphatic heterocycles. The van der Waals surface area contributed by atoms with Crippen LogP contribution >= 0.6 is 0 Å². The number of rotatable bonds is 8. The molecule has 3 heteroatoms. The second-order valence-electron chi connectivity index (χ2n) is 4.05. The Hall–Kier alpha value is -0.410. The lowest BCUT2D eigenvalue weighted by Crippen LogP contribution is -2.15. The van der Waals surface area contributed by atoms with Crippen LogP contribution in [0.25, 0.3) is 0 Å². The lowest BCUT2D eigenvalue weighted by Gasteiger charge is -2.10. The van der Waals surface area contributed by atoms with Crippen LogP contribution in [0, 0.1) is 5.41 Å². The van der Waals surface area contributed by atoms with Crippen molar-refractivity contribution in [1.82, 2.24) is 0 Å². The molecular weight excluding hydrogens is 180 g/mol. The van der Waals surface area contributed by atoms with Crippen LogP contribution in [0.2, 0.25) is 0 Å². The van der Waals surface area contributed by atoms with Crippen LogP contribution < -0.4 is 0 Å². The molecule has 1 fully saturated rings. The molecule has 0 aromatic rings. The number of ether oxygens (including phenoxy) is 2. The lowest BCUT2D eigenvalue weighted by atomic mass is 9.99. The third kappa shape index (κ3) is 3.39. The van der Waals surface area contributed by atoms with Crippen molar-refractivity contribution in [3.05, 3.63) is 0 Å². The van der Waals surface area contributed by atoms with Crippen LogP contribution in [0.3, 0.4) is 0 Å². The zero-order valence-electron chi connectivity index (χ0n) is 9.17. The van der Waals surface area contributed by atoms with E-state index in [2.05, 4.69) is 0 Å². The largest absolute Gasteiger partial charge is 0.385 e. The Kier molecular flexibility index (Phi) is 4.55. The Bertz CT molecular complexity index is 185. The van der Waals surface area contributed by atoms with Crippen molar-refractivity contribution in [1.29, 1.82) is 0 Å². The first-order valence-electron chi connectivity index (χ1n) is 5.29. The molecule has 0 saturated heterocycles. The predicted molar refractivity (Wildman–Crippen MR) is 54.3 cm³/mol. The van der Waals surface area contributed by atoms with Crippen LogP contribution in [0.15, 0.2) is 0 Å². The van der Waals surface area contributed by atoms with Crippen molar-refractivity contribution in [3.63, 3.8) is 0 Å². The maximum Gasteiger partial charge on any atom is 0.136 e. The third-order valence-electron chi connectivity index (χ3n) is 2.96. The number of ketones is 1. The first-order chi connectivity index (χ1) is 6.71. The van der Waals surface area contributed by atoms with E-state index in [1.54, 1.807) is 14.0 Å². The molecule has 0 spiro atoms. The highest BCUT2D eigenvalue weighted by atomic mass is 16.5. The highest BCUT2D eigenvalue weighted by molar-refractivity contribution is 5.84. The second-order valence-corrected chi connectivity index (χ2v) is 4.05. The van der Waals surface area contributed by atoms with Crippen LogP contribution in [0.5, 0.6) is 0 Å². The first-order valence-corrected chi connectivity index (χ1v) is 5.29. The summed E-state index contributed by atoms with van der Waals surface area (Å²) in [6.07, 6.45) is 3.95. The van der Waals surface area contributed by atoms with Gasteiger partial charge in [-0.05, 0) is 32.6 Å². The molecule has 0 unspecified atom stereocenters. The number of carbonyl (C=O) groups is 1. The van der Waals surface area contributed by atoms with Crippen molar-refractivity contribution in [3.8, 4) is 0 Å². The average Bonchev–Trinajstić information content (AvgIpc) is 2.92. The molecule has 0 amide bonds. The Morgan fingerprint density at radius 2 is 2.00 bits per heavy atom. The van der Waals surface area contributed by atoms with E-state index in [1.165, 1.54) is 0 Å². The lowest BCUT2D eigenvalue weighted by molar-refractivity contribution is -0.122. The number of hydrogen-bond acceptors (Lipinski definition) is 3. The van der Waals surface area contributed by atoms with Gasteiger partial charge in [0.1, 0.15) is 5.78 Å². The van der Waals surface area contributed by atoms with Gasteiger partial charge in [0.15, 0.2) is 0 Å². The van der Waals surface area contributed by atoms with E-state index < -0.39 is 0 Å². The standard InChI is InChI=1S/C11H20O3/c1-10(12)11(4-5-11)6-9-14-8-3-7-13-2/h3-9H2,1-2H3. The number of Topliss-reactive ketones (excluding diaryl/α,β-unsaturated/α-hetero) is 1. The summed E-state index contributed by atoms with van der Waals surface area (Å²) in [6, 6.07) is 0. The zero-order chi connectivity index (χ0) is 10.4. The van der Waals surface area contributed by atoms with Gasteiger partial charge >= 0.3 is 0 Å². The minimum Gasteiger partial charge on any atom is -0.385 e. The van der Waals surface area contributed by atoms with Crippen molar-refractivity contribution in [2.75, 3.05) is 26.9 Å². The summed E-state index contributed by atoms with van der Waals surface area (Å²) in [6.45, 7) is 3.89. The van der Waals surface area contributed by atoms with Gasteiger partial charge in [-0.2, -0.15) is 0 Å². The number of carbonyl (C=O) groups excluding carboxylic acids is 1. The van der Waals surface area contributed by atoms with Crippen molar-refractivity contribution >= 4 is 5.78 Å². The van der Waals surface area contributed by atoms with Gasteiger partial charge in [-0.3, -0.25) is 4.79 Å². The van der Waals surface area contributed by atoms with Gasteiger partial charge < -0.3 is 9.47 Å². The third-order valence-corrected chi connectivity index (χ3v) is 2.96. The second kappa shape index (κ2) is 5.47. The van der Waals surface area contributed by atoms with E-state index in [4.69, 9.17) is 9.47 Å². The fourth-order valence-corrected chi connectivity index (χ4v) is 1.60. The smallest absolute Gasteiger partial charge is 0.136 e. The molecule has 0 bridgehead atoms. The van der Waals surface area contributed by atoms with E-state index in [0.29, 0.717) is 12.4 Å². The first kappa shape index (κ1) is 11.7. The van der Waals surface area contributed by atoms with Gasteiger partial charge in [0.2, 0.25) is 0 Å². The van der Waals surface area contributed by atoms with Crippen molar-refractivity contribution in [2.45, 2.75) is 32.6 Å². The van der Waals surface area contributed by atoms with E-state index in [1.807, 2.05) is 0 Å². The topological polar surface area (TPSA) is 35.5 Å². The molecule has 1 saturated carbocycles. The molecule has 0 radical (unpaired) electrons. The maximum atomic E-state index is 11.2. The molecule has 0 aromatic carbocycles. The van der Waals surface area contributed by atoms with Crippen molar-refractivity contribution < 1.29 is 14.3 Å². The summed E-state index contributed by atoms with van der Waals surface area (Å²) < 4.78 is 10.3. The van der Waals surface area contributed by atoms with E-state index in [9.17, 15) is 4.79 Å². The molecule has 3 nitrogen and oxygen atoms in total. The van der Waals surface area contributed by atoms with E-state index in [-0.39, 0.29) is 5.41 Å². The normalized spacial score (nSPS) is 18.1. The van der Waals surface area contributed by atoms with Gasteiger partial charge in [-0.15, -0.1) is 0 Å². The van der Waals surface area contributed by atoms with Crippen LogP contribution in [-0.4, -0.2) is 32.7 Å². The summed E-state index contributed by atoms with van der Waals surface area (Å²) in [4.78, 5) is 11.2. The average molecular weight is 200 g/mol. The molecule has 82 valence electrons. The fourth-order valence-electron chi connectivity index (χ4n) is 1.60. The van der Waals surface area contributed by atoms with Crippen LogP contribution in [0.1, 0.15) is 32.6 Å². The Morgan fingerprint density at radius 1 is 1.29 bits per heavy atom. The molecule has 0 atom stereocenters. The van der Waals surface area contributed by atoms with Gasteiger partial charge in [0.05, 0.1) is 0 Å². The zero-order valence-corrected chi connectivity index (χ0v) is 9.17. The van der Waals surface area contributed by atoms with Gasteiger partial charge in [-0.1, -0.05) is 0 Å². The van der Waals surface area contributed by atoms with Crippen molar-refractivity contribution in [2.24, 2.45) is 5.41 Å². The highest BCUT2D eigenvalue weighted by Crippen LogP contribution is 2.49. The Morgan fingerprint density at radius 3 is 2.50 bits per heavy atom. The van der Waals surface area contributed by atoms with Gasteiger partial charge in [0, 0.05) is 32.3 Å². The molecule has 1 aliphatic carbocycles. The predicted octanol–water partition coefficient (Wildman–Crippen LogP) is 1.80. The van der Waals surface area contributed by atoms with Crippen LogP contribution in [-0.2, 0) is 14.3 Å². The Labute approximate surface area is 85.8 Å². The van der Waals surface area contributed by atoms with Crippen LogP contribution in [0.4, 0.5) is 0 Å². The number of methoxy groups -OCH3 is 1. The molecule has 1 rings (SSSR count). The SMILES string of the molecule is COCCCOCCC1(C(C)=O)CC1. The minimum absolute atomic E-state index is 0.00125. The minimum atomic E-state index is 0.00125. The Balaban J connectivity index is 1.96. The monoisotopic (exact) mass is 200 g/mol. The summed E-state index contributed by atoms with van der Waals surface area (Å²) in [5.41, 5.74) is 0.00125. The molecule has 14 heavy (non-hydrogen) atoms. The molecule has 1 aliphatic rings. The molecule has 0 N–H and O–H groups in total. The van der Waals surface area contributed by atoms with E-state index >= 15 is 0 Å². The van der Waals surface area contributed by atoms with Gasteiger partial charge in [-0.25, -0.2) is 0 Å². The summed E-state index contributed by atoms with van der Waals surface area (Å²) >= 11 is 0. The van der Waals surface area contributed by atoms with E-state index in [0.717, 1.165) is 38.9 Å². The maximum absolute atomic E-state index is 11.2. The number of hydrogen-bond donors (Lipinski definition) is 0. The molecule has 0 heterocycles. The molecular formula is C11H20O3. The summed E-state index contributed by atoms with van der Waals surface area (Å²) in [7, 11) is 1.69. The highest BCUT2D eigenvalue weighted by Gasteiger charge is 2.46. The fraction of sp³-hybridized carbons (Fsp3) is 0.909. The molecule has 0 aromatic heterocycles. The van der Waals surface area contributed by atoms with Gasteiger partial charge in [0.25, 0.3) is 0 Å². The quantitative estimate of drug-likeness (QED) is 0.560. The summed E-state index contributed by atoms with van der Waals surface area (Å²) in [5.74, 6) is 0.331. The summed E-state index contributed by atoms with van der Waals surface area (Å²) in [5, 5.41) is 0.